The van der Waals surface area contributed by atoms with Gasteiger partial charge in [0.1, 0.15) is 11.9 Å². The number of rotatable bonds is 7. The Morgan fingerprint density at radius 1 is 1.43 bits per heavy atom. The minimum absolute atomic E-state index is 0.127. The summed E-state index contributed by atoms with van der Waals surface area (Å²) in [5, 5.41) is 13.5. The van der Waals surface area contributed by atoms with Crippen molar-refractivity contribution in [2.45, 2.75) is 63.4 Å². The first kappa shape index (κ1) is 19.1. The average Bonchev–Trinajstić information content (AvgIpc) is 3.12. The lowest BCUT2D eigenvalue weighted by Crippen LogP contribution is -2.22. The Labute approximate surface area is 169 Å². The van der Waals surface area contributed by atoms with E-state index in [1.165, 1.54) is 24.6 Å². The SMILES string of the molecule is Cc1c(C#N)c(NC(=O)CSc2nccn2C2CC2)n(CC2CCCO2)c1C. The molecule has 1 amide bonds. The van der Waals surface area contributed by atoms with Crippen LogP contribution in [0.3, 0.4) is 0 Å². The number of nitrogens with one attached hydrogen (secondary N) is 1. The Balaban J connectivity index is 1.47. The molecule has 1 saturated carbocycles. The van der Waals surface area contributed by atoms with Gasteiger partial charge >= 0.3 is 0 Å². The molecule has 1 atom stereocenters. The fourth-order valence-corrected chi connectivity index (χ4v) is 4.52. The number of carbonyl (C=O) groups excluding carboxylic acids is 1. The predicted octanol–water partition coefficient (Wildman–Crippen LogP) is 3.42. The molecule has 2 aliphatic rings. The van der Waals surface area contributed by atoms with Crippen molar-refractivity contribution < 1.29 is 9.53 Å². The average molecular weight is 400 g/mol. The number of thioether (sulfide) groups is 1. The standard InChI is InChI=1S/C20H25N5O2S/c1-13-14(2)25(11-16-4-3-9-27-16)19(17(13)10-21)23-18(26)12-28-20-22-7-8-24(20)15-5-6-15/h7-8,15-16H,3-6,9,11-12H2,1-2H3,(H,23,26). The van der Waals surface area contributed by atoms with Gasteiger partial charge in [0.15, 0.2) is 5.16 Å². The lowest BCUT2D eigenvalue weighted by molar-refractivity contribution is -0.113. The number of anilines is 1. The van der Waals surface area contributed by atoms with Crippen LogP contribution < -0.4 is 5.32 Å². The first-order valence-electron chi connectivity index (χ1n) is 9.75. The fraction of sp³-hybridized carbons (Fsp3) is 0.550. The fourth-order valence-electron chi connectivity index (χ4n) is 3.69. The van der Waals surface area contributed by atoms with Crippen molar-refractivity contribution in [3.63, 3.8) is 0 Å². The highest BCUT2D eigenvalue weighted by Crippen LogP contribution is 2.37. The molecular formula is C20H25N5O2S. The molecule has 28 heavy (non-hydrogen) atoms. The van der Waals surface area contributed by atoms with Gasteiger partial charge in [-0.1, -0.05) is 11.8 Å². The smallest absolute Gasteiger partial charge is 0.235 e. The minimum Gasteiger partial charge on any atom is -0.376 e. The van der Waals surface area contributed by atoms with Gasteiger partial charge in [0, 0.05) is 30.7 Å². The molecule has 1 saturated heterocycles. The van der Waals surface area contributed by atoms with Gasteiger partial charge < -0.3 is 19.2 Å². The second-order valence-electron chi connectivity index (χ2n) is 7.48. The van der Waals surface area contributed by atoms with Crippen LogP contribution in [0.5, 0.6) is 0 Å². The summed E-state index contributed by atoms with van der Waals surface area (Å²) in [6.07, 6.45) is 8.31. The molecule has 7 nitrogen and oxygen atoms in total. The third-order valence-corrected chi connectivity index (χ3v) is 6.50. The summed E-state index contributed by atoms with van der Waals surface area (Å²) < 4.78 is 9.93. The van der Waals surface area contributed by atoms with Crippen molar-refractivity contribution in [2.24, 2.45) is 0 Å². The largest absolute Gasteiger partial charge is 0.376 e. The number of nitrogens with zero attached hydrogens (tertiary/aromatic N) is 4. The summed E-state index contributed by atoms with van der Waals surface area (Å²) in [7, 11) is 0. The highest BCUT2D eigenvalue weighted by molar-refractivity contribution is 7.99. The van der Waals surface area contributed by atoms with Crippen LogP contribution in [0.15, 0.2) is 17.6 Å². The monoisotopic (exact) mass is 399 g/mol. The Morgan fingerprint density at radius 2 is 2.25 bits per heavy atom. The van der Waals surface area contributed by atoms with Crippen LogP contribution in [0, 0.1) is 25.2 Å². The highest BCUT2D eigenvalue weighted by atomic mass is 32.2. The minimum atomic E-state index is -0.127. The molecular weight excluding hydrogens is 374 g/mol. The number of amides is 1. The first-order valence-corrected chi connectivity index (χ1v) is 10.7. The molecule has 1 aliphatic heterocycles. The predicted molar refractivity (Wildman–Crippen MR) is 107 cm³/mol. The third-order valence-electron chi connectivity index (χ3n) is 5.51. The summed E-state index contributed by atoms with van der Waals surface area (Å²) in [5.74, 6) is 0.722. The van der Waals surface area contributed by atoms with Crippen LogP contribution in [0.25, 0.3) is 0 Å². The van der Waals surface area contributed by atoms with Gasteiger partial charge in [-0.05, 0) is 45.1 Å². The summed E-state index contributed by atoms with van der Waals surface area (Å²) in [4.78, 5) is 17.0. The first-order chi connectivity index (χ1) is 13.6. The molecule has 0 radical (unpaired) electrons. The summed E-state index contributed by atoms with van der Waals surface area (Å²) in [6.45, 7) is 5.35. The third kappa shape index (κ3) is 3.82. The van der Waals surface area contributed by atoms with E-state index in [9.17, 15) is 10.1 Å². The van der Waals surface area contributed by atoms with E-state index in [2.05, 4.69) is 20.9 Å². The maximum Gasteiger partial charge on any atom is 0.235 e. The van der Waals surface area contributed by atoms with Gasteiger partial charge in [-0.3, -0.25) is 4.79 Å². The second kappa shape index (κ2) is 8.02. The summed E-state index contributed by atoms with van der Waals surface area (Å²) >= 11 is 1.44. The zero-order valence-corrected chi connectivity index (χ0v) is 17.1. The molecule has 0 bridgehead atoms. The summed E-state index contributed by atoms with van der Waals surface area (Å²) in [5.41, 5.74) is 2.44. The van der Waals surface area contributed by atoms with E-state index in [4.69, 9.17) is 4.74 Å². The van der Waals surface area contributed by atoms with E-state index in [-0.39, 0.29) is 17.8 Å². The van der Waals surface area contributed by atoms with E-state index < -0.39 is 0 Å². The zero-order chi connectivity index (χ0) is 19.7. The van der Waals surface area contributed by atoms with Crippen molar-refractivity contribution in [2.75, 3.05) is 17.7 Å². The van der Waals surface area contributed by atoms with Crippen LogP contribution in [0.1, 0.15) is 48.5 Å². The van der Waals surface area contributed by atoms with Gasteiger partial charge in [0.2, 0.25) is 5.91 Å². The zero-order valence-electron chi connectivity index (χ0n) is 16.3. The molecule has 1 unspecified atom stereocenters. The number of aromatic nitrogens is 3. The molecule has 2 fully saturated rings. The molecule has 8 heteroatoms. The van der Waals surface area contributed by atoms with E-state index in [1.807, 2.05) is 24.6 Å². The van der Waals surface area contributed by atoms with Gasteiger partial charge in [0.05, 0.1) is 24.0 Å². The number of hydrogen-bond acceptors (Lipinski definition) is 5. The van der Waals surface area contributed by atoms with Crippen molar-refractivity contribution in [1.82, 2.24) is 14.1 Å². The number of carbonyl (C=O) groups is 1. The molecule has 2 aromatic heterocycles. The number of hydrogen-bond donors (Lipinski definition) is 1. The molecule has 2 aromatic rings. The maximum atomic E-state index is 12.7. The Hall–Kier alpha value is -2.24. The van der Waals surface area contributed by atoms with E-state index in [0.717, 1.165) is 35.9 Å². The lowest BCUT2D eigenvalue weighted by atomic mass is 10.2. The van der Waals surface area contributed by atoms with Crippen LogP contribution in [0.2, 0.25) is 0 Å². The molecule has 4 rings (SSSR count). The molecule has 148 valence electrons. The van der Waals surface area contributed by atoms with Gasteiger partial charge in [-0.2, -0.15) is 5.26 Å². The van der Waals surface area contributed by atoms with Crippen LogP contribution in [0.4, 0.5) is 5.82 Å². The Kier molecular flexibility index (Phi) is 5.47. The van der Waals surface area contributed by atoms with Gasteiger partial charge in [0.25, 0.3) is 0 Å². The number of imidazole rings is 1. The number of ether oxygens (including phenoxy) is 1. The van der Waals surface area contributed by atoms with Crippen LogP contribution in [-0.2, 0) is 16.1 Å². The lowest BCUT2D eigenvalue weighted by Gasteiger charge is -2.16. The Morgan fingerprint density at radius 3 is 2.93 bits per heavy atom. The Bertz CT molecular complexity index is 916. The van der Waals surface area contributed by atoms with Gasteiger partial charge in [-0.15, -0.1) is 0 Å². The topological polar surface area (TPSA) is 84.9 Å². The van der Waals surface area contributed by atoms with Crippen molar-refractivity contribution in [3.8, 4) is 6.07 Å². The molecule has 0 aromatic carbocycles. The van der Waals surface area contributed by atoms with Crippen LogP contribution in [-0.4, -0.2) is 38.5 Å². The normalized spacial score (nSPS) is 19.0. The van der Waals surface area contributed by atoms with E-state index >= 15 is 0 Å². The van der Waals surface area contributed by atoms with Crippen molar-refractivity contribution in [1.29, 1.82) is 5.26 Å². The van der Waals surface area contributed by atoms with E-state index in [0.29, 0.717) is 24.0 Å². The molecule has 1 aliphatic carbocycles. The molecule has 0 spiro atoms. The number of nitriles is 1. The van der Waals surface area contributed by atoms with Crippen LogP contribution >= 0.6 is 11.8 Å². The van der Waals surface area contributed by atoms with Crippen molar-refractivity contribution in [3.05, 3.63) is 29.2 Å². The molecule has 3 heterocycles. The van der Waals surface area contributed by atoms with Crippen molar-refractivity contribution >= 4 is 23.5 Å². The highest BCUT2D eigenvalue weighted by Gasteiger charge is 2.26. The molecule has 1 N–H and O–H groups in total. The summed E-state index contributed by atoms with van der Waals surface area (Å²) in [6, 6.07) is 2.79. The quantitative estimate of drug-likeness (QED) is 0.721. The maximum absolute atomic E-state index is 12.7. The van der Waals surface area contributed by atoms with Gasteiger partial charge in [-0.25, -0.2) is 4.98 Å². The van der Waals surface area contributed by atoms with E-state index in [1.54, 1.807) is 6.20 Å². The second-order valence-corrected chi connectivity index (χ2v) is 8.42.